The van der Waals surface area contributed by atoms with E-state index < -0.39 is 8.32 Å². The van der Waals surface area contributed by atoms with Gasteiger partial charge in [0.2, 0.25) is 0 Å². The molecule has 1 fully saturated rings. The Bertz CT molecular complexity index is 865. The number of hydrogen-bond donors (Lipinski definition) is 0. The first kappa shape index (κ1) is 25.4. The topological polar surface area (TPSA) is 44.8 Å². The van der Waals surface area contributed by atoms with E-state index in [-0.39, 0.29) is 23.2 Å². The minimum absolute atomic E-state index is 0.0257. The van der Waals surface area contributed by atoms with Crippen LogP contribution >= 0.6 is 0 Å². The Morgan fingerprint density at radius 2 is 1.61 bits per heavy atom. The van der Waals surface area contributed by atoms with Crippen molar-refractivity contribution < 1.29 is 18.7 Å². The van der Waals surface area contributed by atoms with Gasteiger partial charge in [-0.05, 0) is 46.7 Å². The Balaban J connectivity index is 1.68. The summed E-state index contributed by atoms with van der Waals surface area (Å²) in [6, 6.07) is 21.5. The molecular formula is C28H38O4Si. The standard InChI is InChI=1S/C28H38O4Si/c1-22-21-23(18-19-27(29)30-5)32-26(22)17-12-20-31-33(28(2,3)4,24-13-8-6-9-14-24)25-15-10-7-11-16-25/h6-11,13-16,23,26H,1,12,17-21H2,2-5H3/t23-,26-/m0/s1. The molecule has 1 aliphatic rings. The lowest BCUT2D eigenvalue weighted by atomic mass is 10.0. The molecule has 2 atom stereocenters. The summed E-state index contributed by atoms with van der Waals surface area (Å²) in [5.41, 5.74) is 1.12. The van der Waals surface area contributed by atoms with E-state index >= 15 is 0 Å². The third-order valence-electron chi connectivity index (χ3n) is 6.55. The largest absolute Gasteiger partial charge is 0.469 e. The highest BCUT2D eigenvalue weighted by atomic mass is 28.4. The molecule has 0 aliphatic carbocycles. The molecule has 3 rings (SSSR count). The molecule has 1 saturated heterocycles. The van der Waals surface area contributed by atoms with Crippen molar-refractivity contribution in [1.29, 1.82) is 0 Å². The fraction of sp³-hybridized carbons (Fsp3) is 0.464. The van der Waals surface area contributed by atoms with Crippen LogP contribution in [0.3, 0.4) is 0 Å². The quantitative estimate of drug-likeness (QED) is 0.214. The number of carbonyl (C=O) groups excluding carboxylic acids is 1. The van der Waals surface area contributed by atoms with Crippen molar-refractivity contribution in [3.8, 4) is 0 Å². The molecule has 1 heterocycles. The Morgan fingerprint density at radius 3 is 2.12 bits per heavy atom. The smallest absolute Gasteiger partial charge is 0.305 e. The molecular weight excluding hydrogens is 428 g/mol. The molecule has 178 valence electrons. The number of esters is 1. The van der Waals surface area contributed by atoms with Gasteiger partial charge in [-0.1, -0.05) is 88.0 Å². The summed E-state index contributed by atoms with van der Waals surface area (Å²) >= 11 is 0. The Hall–Kier alpha value is -2.21. The molecule has 33 heavy (non-hydrogen) atoms. The highest BCUT2D eigenvalue weighted by molar-refractivity contribution is 6.99. The van der Waals surface area contributed by atoms with Crippen molar-refractivity contribution >= 4 is 24.7 Å². The van der Waals surface area contributed by atoms with Crippen LogP contribution in [0.2, 0.25) is 5.04 Å². The maximum Gasteiger partial charge on any atom is 0.305 e. The van der Waals surface area contributed by atoms with E-state index in [9.17, 15) is 4.79 Å². The van der Waals surface area contributed by atoms with Crippen molar-refractivity contribution in [1.82, 2.24) is 0 Å². The second-order valence-electron chi connectivity index (χ2n) is 9.88. The summed E-state index contributed by atoms with van der Waals surface area (Å²) in [5, 5.41) is 2.57. The third kappa shape index (κ3) is 6.02. The normalized spacial score (nSPS) is 19.0. The van der Waals surface area contributed by atoms with Crippen molar-refractivity contribution in [2.24, 2.45) is 0 Å². The van der Waals surface area contributed by atoms with Crippen molar-refractivity contribution in [2.75, 3.05) is 13.7 Å². The zero-order chi connectivity index (χ0) is 23.9. The summed E-state index contributed by atoms with van der Waals surface area (Å²) in [6.45, 7) is 11.8. The fourth-order valence-electron chi connectivity index (χ4n) is 4.88. The zero-order valence-electron chi connectivity index (χ0n) is 20.5. The molecule has 0 N–H and O–H groups in total. The van der Waals surface area contributed by atoms with Gasteiger partial charge < -0.3 is 13.9 Å². The van der Waals surface area contributed by atoms with Crippen LogP contribution in [-0.2, 0) is 18.7 Å². The lowest BCUT2D eigenvalue weighted by molar-refractivity contribution is -0.141. The number of rotatable bonds is 10. The second kappa shape index (κ2) is 11.3. The van der Waals surface area contributed by atoms with Crippen LogP contribution in [0.15, 0.2) is 72.8 Å². The molecule has 5 heteroatoms. The molecule has 4 nitrogen and oxygen atoms in total. The highest BCUT2D eigenvalue weighted by Gasteiger charge is 2.50. The number of benzene rings is 2. The Morgan fingerprint density at radius 1 is 1.03 bits per heavy atom. The fourth-order valence-corrected chi connectivity index (χ4v) is 9.49. The van der Waals surface area contributed by atoms with Crippen LogP contribution in [0, 0.1) is 0 Å². The van der Waals surface area contributed by atoms with Gasteiger partial charge in [-0.3, -0.25) is 4.79 Å². The molecule has 0 radical (unpaired) electrons. The molecule has 2 aromatic rings. The molecule has 2 aromatic carbocycles. The van der Waals surface area contributed by atoms with Gasteiger partial charge in [-0.25, -0.2) is 0 Å². The van der Waals surface area contributed by atoms with Crippen LogP contribution in [0.25, 0.3) is 0 Å². The van der Waals surface area contributed by atoms with Gasteiger partial charge in [0, 0.05) is 13.0 Å². The zero-order valence-corrected chi connectivity index (χ0v) is 21.5. The van der Waals surface area contributed by atoms with Gasteiger partial charge in [-0.15, -0.1) is 0 Å². The Labute approximate surface area is 200 Å². The molecule has 0 saturated carbocycles. The second-order valence-corrected chi connectivity index (χ2v) is 14.2. The molecule has 0 unspecified atom stereocenters. The maximum absolute atomic E-state index is 11.4. The first-order chi connectivity index (χ1) is 15.8. The van der Waals surface area contributed by atoms with Crippen molar-refractivity contribution in [3.63, 3.8) is 0 Å². The van der Waals surface area contributed by atoms with Crippen LogP contribution in [0.5, 0.6) is 0 Å². The summed E-state index contributed by atoms with van der Waals surface area (Å²) in [7, 11) is -1.08. The summed E-state index contributed by atoms with van der Waals surface area (Å²) in [5.74, 6) is -0.189. The van der Waals surface area contributed by atoms with Crippen LogP contribution in [-0.4, -0.2) is 40.2 Å². The molecule has 0 aromatic heterocycles. The number of ether oxygens (including phenoxy) is 2. The predicted octanol–water partition coefficient (Wildman–Crippen LogP) is 5.01. The van der Waals surface area contributed by atoms with Gasteiger partial charge >= 0.3 is 5.97 Å². The first-order valence-corrected chi connectivity index (χ1v) is 13.8. The Kier molecular flexibility index (Phi) is 8.68. The van der Waals surface area contributed by atoms with Gasteiger partial charge in [0.15, 0.2) is 0 Å². The number of carbonyl (C=O) groups is 1. The third-order valence-corrected chi connectivity index (χ3v) is 11.6. The predicted molar refractivity (Wildman–Crippen MR) is 136 cm³/mol. The average Bonchev–Trinajstić information content (AvgIpc) is 3.17. The van der Waals surface area contributed by atoms with Gasteiger partial charge in [0.1, 0.15) is 0 Å². The lowest BCUT2D eigenvalue weighted by Gasteiger charge is -2.43. The molecule has 0 amide bonds. The summed E-state index contributed by atoms with van der Waals surface area (Å²) < 4.78 is 17.9. The SMILES string of the molecule is C=C1C[C@H](CCC(=O)OC)O[C@H]1CCCO[Si](c1ccccc1)(c1ccccc1)C(C)(C)C. The van der Waals surface area contributed by atoms with E-state index in [0.717, 1.165) is 24.8 Å². The van der Waals surface area contributed by atoms with Gasteiger partial charge in [0.25, 0.3) is 8.32 Å². The van der Waals surface area contributed by atoms with E-state index in [4.69, 9.17) is 13.9 Å². The van der Waals surface area contributed by atoms with E-state index in [1.807, 2.05) is 0 Å². The molecule has 1 aliphatic heterocycles. The minimum atomic E-state index is -2.50. The van der Waals surface area contributed by atoms with Gasteiger partial charge in [-0.2, -0.15) is 0 Å². The van der Waals surface area contributed by atoms with Crippen LogP contribution in [0.1, 0.15) is 52.9 Å². The lowest BCUT2D eigenvalue weighted by Crippen LogP contribution is -2.66. The van der Waals surface area contributed by atoms with E-state index in [0.29, 0.717) is 19.4 Å². The van der Waals surface area contributed by atoms with E-state index in [2.05, 4.69) is 88.0 Å². The van der Waals surface area contributed by atoms with Gasteiger partial charge in [0.05, 0.1) is 19.3 Å². The number of methoxy groups -OCH3 is 1. The molecule has 0 bridgehead atoms. The summed E-state index contributed by atoms with van der Waals surface area (Å²) in [4.78, 5) is 11.4. The highest BCUT2D eigenvalue weighted by Crippen LogP contribution is 2.37. The van der Waals surface area contributed by atoms with Crippen molar-refractivity contribution in [3.05, 3.63) is 72.8 Å². The van der Waals surface area contributed by atoms with E-state index in [1.54, 1.807) is 0 Å². The monoisotopic (exact) mass is 466 g/mol. The van der Waals surface area contributed by atoms with Crippen LogP contribution < -0.4 is 10.4 Å². The number of hydrogen-bond acceptors (Lipinski definition) is 4. The van der Waals surface area contributed by atoms with Crippen LogP contribution in [0.4, 0.5) is 0 Å². The van der Waals surface area contributed by atoms with Crippen molar-refractivity contribution in [2.45, 2.75) is 70.1 Å². The average molecular weight is 467 g/mol. The summed E-state index contributed by atoms with van der Waals surface area (Å²) in [6.07, 6.45) is 3.76. The molecule has 0 spiro atoms. The first-order valence-electron chi connectivity index (χ1n) is 11.9. The minimum Gasteiger partial charge on any atom is -0.469 e. The maximum atomic E-state index is 11.4. The van der Waals surface area contributed by atoms with E-state index in [1.165, 1.54) is 17.5 Å².